The zero-order valence-electron chi connectivity index (χ0n) is 14.9. The number of hydrogen-bond donors (Lipinski definition) is 0. The number of aromatic nitrogens is 1. The molecule has 3 heterocycles. The molecular weight excluding hydrogens is 346 g/mol. The van der Waals surface area contributed by atoms with Crippen LogP contribution < -0.4 is 0 Å². The molecule has 0 bridgehead atoms. The van der Waals surface area contributed by atoms with Crippen LogP contribution in [0.3, 0.4) is 0 Å². The highest BCUT2D eigenvalue weighted by molar-refractivity contribution is 7.99. The number of rotatable bonds is 2. The maximum absolute atomic E-state index is 13.0. The van der Waals surface area contributed by atoms with Crippen molar-refractivity contribution in [2.24, 2.45) is 0 Å². The van der Waals surface area contributed by atoms with Crippen molar-refractivity contribution in [2.75, 3.05) is 24.7 Å². The lowest BCUT2D eigenvalue weighted by atomic mass is 9.93. The average molecular weight is 369 g/mol. The first kappa shape index (κ1) is 17.3. The molecule has 2 amide bonds. The highest BCUT2D eigenvalue weighted by atomic mass is 32.2. The number of piperidine rings is 1. The Morgan fingerprint density at radius 2 is 2.04 bits per heavy atom. The molecule has 0 saturated carbocycles. The topological polar surface area (TPSA) is 53.5 Å². The van der Waals surface area contributed by atoms with Gasteiger partial charge in [-0.25, -0.2) is 0 Å². The SMILES string of the molecule is CC(=O)N1CSC[C@@H]1C(=O)N1CCC[C@@H](c2cc3ccccc3cn2)C1. The second-order valence-corrected chi connectivity index (χ2v) is 8.08. The fourth-order valence-corrected chi connectivity index (χ4v) is 5.12. The number of fused-ring (bicyclic) bond motifs is 1. The number of benzene rings is 1. The molecule has 2 aliphatic heterocycles. The predicted octanol–water partition coefficient (Wildman–Crippen LogP) is 2.86. The van der Waals surface area contributed by atoms with E-state index in [9.17, 15) is 9.59 Å². The van der Waals surface area contributed by atoms with Crippen LogP contribution in [0.5, 0.6) is 0 Å². The summed E-state index contributed by atoms with van der Waals surface area (Å²) in [6.45, 7) is 3.01. The van der Waals surface area contributed by atoms with Gasteiger partial charge in [-0.05, 0) is 24.3 Å². The quantitative estimate of drug-likeness (QED) is 0.817. The van der Waals surface area contributed by atoms with Crippen LogP contribution in [0, 0.1) is 0 Å². The summed E-state index contributed by atoms with van der Waals surface area (Å²) >= 11 is 1.65. The number of nitrogens with zero attached hydrogens (tertiary/aromatic N) is 3. The minimum absolute atomic E-state index is 0.0156. The van der Waals surface area contributed by atoms with Crippen molar-refractivity contribution in [3.63, 3.8) is 0 Å². The molecule has 0 radical (unpaired) electrons. The molecule has 2 aliphatic rings. The summed E-state index contributed by atoms with van der Waals surface area (Å²) < 4.78 is 0. The van der Waals surface area contributed by atoms with Gasteiger partial charge in [-0.3, -0.25) is 14.6 Å². The Bertz CT molecular complexity index is 841. The van der Waals surface area contributed by atoms with Crippen LogP contribution in [0.1, 0.15) is 31.4 Å². The molecular formula is C20H23N3O2S. The fraction of sp³-hybridized carbons (Fsp3) is 0.450. The van der Waals surface area contributed by atoms with Gasteiger partial charge >= 0.3 is 0 Å². The summed E-state index contributed by atoms with van der Waals surface area (Å²) in [6, 6.07) is 10.1. The maximum Gasteiger partial charge on any atom is 0.246 e. The van der Waals surface area contributed by atoms with Crippen molar-refractivity contribution < 1.29 is 9.59 Å². The summed E-state index contributed by atoms with van der Waals surface area (Å²) in [5.41, 5.74) is 1.06. The molecule has 2 saturated heterocycles. The minimum Gasteiger partial charge on any atom is -0.340 e. The van der Waals surface area contributed by atoms with E-state index < -0.39 is 0 Å². The zero-order chi connectivity index (χ0) is 18.1. The van der Waals surface area contributed by atoms with Crippen molar-refractivity contribution in [2.45, 2.75) is 31.7 Å². The highest BCUT2D eigenvalue weighted by Gasteiger charge is 2.37. The van der Waals surface area contributed by atoms with Crippen LogP contribution in [0.2, 0.25) is 0 Å². The molecule has 1 aromatic carbocycles. The molecule has 4 rings (SSSR count). The number of pyridine rings is 1. The van der Waals surface area contributed by atoms with Crippen LogP contribution in [-0.4, -0.2) is 57.4 Å². The van der Waals surface area contributed by atoms with Crippen molar-refractivity contribution in [1.29, 1.82) is 0 Å². The molecule has 2 fully saturated rings. The molecule has 6 heteroatoms. The van der Waals surface area contributed by atoms with E-state index in [4.69, 9.17) is 0 Å². The van der Waals surface area contributed by atoms with E-state index in [0.717, 1.165) is 30.5 Å². The van der Waals surface area contributed by atoms with Gasteiger partial charge < -0.3 is 9.80 Å². The molecule has 1 aromatic heterocycles. The van der Waals surface area contributed by atoms with Gasteiger partial charge in [0.05, 0.1) is 5.88 Å². The standard InChI is InChI=1S/C20H23N3O2S/c1-14(24)23-13-26-12-19(23)20(25)22-8-4-7-17(11-22)18-9-15-5-2-3-6-16(15)10-21-18/h2-3,5-6,9-10,17,19H,4,7-8,11-13H2,1H3/t17-,19-/m1/s1. The third-order valence-corrected chi connectivity index (χ3v) is 6.39. The van der Waals surface area contributed by atoms with E-state index in [0.29, 0.717) is 18.2 Å². The molecule has 5 nitrogen and oxygen atoms in total. The van der Waals surface area contributed by atoms with Gasteiger partial charge in [-0.15, -0.1) is 11.8 Å². The molecule has 26 heavy (non-hydrogen) atoms. The molecule has 136 valence electrons. The van der Waals surface area contributed by atoms with Gasteiger partial charge in [0.1, 0.15) is 6.04 Å². The number of carbonyl (C=O) groups excluding carboxylic acids is 2. The van der Waals surface area contributed by atoms with Crippen LogP contribution in [0.4, 0.5) is 0 Å². The monoisotopic (exact) mass is 369 g/mol. The van der Waals surface area contributed by atoms with Crippen LogP contribution in [0.25, 0.3) is 10.8 Å². The number of amides is 2. The number of hydrogen-bond acceptors (Lipinski definition) is 4. The average Bonchev–Trinajstić information content (AvgIpc) is 3.17. The summed E-state index contributed by atoms with van der Waals surface area (Å²) in [4.78, 5) is 33.1. The van der Waals surface area contributed by atoms with E-state index in [1.807, 2.05) is 23.2 Å². The third-order valence-electron chi connectivity index (χ3n) is 5.38. The lowest BCUT2D eigenvalue weighted by Gasteiger charge is -2.35. The molecule has 0 unspecified atom stereocenters. The molecule has 2 aromatic rings. The highest BCUT2D eigenvalue weighted by Crippen LogP contribution is 2.30. The number of carbonyl (C=O) groups is 2. The Morgan fingerprint density at radius 3 is 2.85 bits per heavy atom. The van der Waals surface area contributed by atoms with Gasteiger partial charge in [-0.2, -0.15) is 0 Å². The number of likely N-dealkylation sites (tertiary alicyclic amines) is 1. The first-order valence-electron chi connectivity index (χ1n) is 9.12. The molecule has 0 N–H and O–H groups in total. The second kappa shape index (κ2) is 7.27. The Labute approximate surface area is 157 Å². The smallest absolute Gasteiger partial charge is 0.246 e. The van der Waals surface area contributed by atoms with Gasteiger partial charge in [0.25, 0.3) is 0 Å². The summed E-state index contributed by atoms with van der Waals surface area (Å²) in [6.07, 6.45) is 3.95. The van der Waals surface area contributed by atoms with Gasteiger partial charge in [0, 0.05) is 49.0 Å². The lowest BCUT2D eigenvalue weighted by Crippen LogP contribution is -2.50. The van der Waals surface area contributed by atoms with Gasteiger partial charge in [0.15, 0.2) is 0 Å². The third kappa shape index (κ3) is 3.30. The molecule has 0 spiro atoms. The van der Waals surface area contributed by atoms with Crippen LogP contribution in [0.15, 0.2) is 36.5 Å². The normalized spacial score (nSPS) is 23.4. The summed E-state index contributed by atoms with van der Waals surface area (Å²) in [5, 5.41) is 2.33. The van der Waals surface area contributed by atoms with Crippen LogP contribution >= 0.6 is 11.8 Å². The fourth-order valence-electron chi connectivity index (χ4n) is 3.91. The first-order chi connectivity index (χ1) is 12.6. The number of thioether (sulfide) groups is 1. The zero-order valence-corrected chi connectivity index (χ0v) is 15.7. The molecule has 2 atom stereocenters. The van der Waals surface area contributed by atoms with Gasteiger partial charge in [0.2, 0.25) is 11.8 Å². The Balaban J connectivity index is 1.51. The second-order valence-electron chi connectivity index (χ2n) is 7.08. The molecule has 0 aliphatic carbocycles. The lowest BCUT2D eigenvalue weighted by molar-refractivity contribution is -0.143. The van der Waals surface area contributed by atoms with E-state index in [2.05, 4.69) is 23.2 Å². The summed E-state index contributed by atoms with van der Waals surface area (Å²) in [5.74, 6) is 1.66. The predicted molar refractivity (Wildman–Crippen MR) is 104 cm³/mol. The van der Waals surface area contributed by atoms with Crippen LogP contribution in [-0.2, 0) is 9.59 Å². The van der Waals surface area contributed by atoms with Crippen molar-refractivity contribution in [3.05, 3.63) is 42.2 Å². The van der Waals surface area contributed by atoms with Gasteiger partial charge in [-0.1, -0.05) is 24.3 Å². The van der Waals surface area contributed by atoms with Crippen molar-refractivity contribution in [1.82, 2.24) is 14.8 Å². The Hall–Kier alpha value is -2.08. The van der Waals surface area contributed by atoms with E-state index in [1.165, 1.54) is 5.39 Å². The Morgan fingerprint density at radius 1 is 1.23 bits per heavy atom. The van der Waals surface area contributed by atoms with Crippen molar-refractivity contribution in [3.8, 4) is 0 Å². The van der Waals surface area contributed by atoms with Crippen molar-refractivity contribution >= 4 is 34.3 Å². The summed E-state index contributed by atoms with van der Waals surface area (Å²) in [7, 11) is 0. The minimum atomic E-state index is -0.305. The largest absolute Gasteiger partial charge is 0.340 e. The maximum atomic E-state index is 13.0. The van der Waals surface area contributed by atoms with E-state index in [-0.39, 0.29) is 23.8 Å². The first-order valence-corrected chi connectivity index (χ1v) is 10.3. The van der Waals surface area contributed by atoms with E-state index >= 15 is 0 Å². The van der Waals surface area contributed by atoms with E-state index in [1.54, 1.807) is 23.6 Å². The Kier molecular flexibility index (Phi) is 4.85.